The molecule has 0 aromatic carbocycles. The SMILES string of the molecule is O=P12OP3OP(O1)OP(=S)(O3)O2. The highest BCUT2D eigenvalue weighted by molar-refractivity contribution is 8.13. The molecule has 2 unspecified atom stereocenters. The van der Waals surface area contributed by atoms with Crippen LogP contribution in [0.4, 0.5) is 0 Å². The second-order valence-electron chi connectivity index (χ2n) is 1.83. The molecule has 4 bridgehead atoms. The molecule has 0 N–H and O–H groups in total. The molecule has 0 saturated carbocycles. The summed E-state index contributed by atoms with van der Waals surface area (Å²) in [5, 5.41) is 0. The largest absolute Gasteiger partial charge is 0.495 e. The van der Waals surface area contributed by atoms with E-state index in [2.05, 4.69) is 0 Å². The van der Waals surface area contributed by atoms with E-state index in [9.17, 15) is 4.57 Å². The quantitative estimate of drug-likeness (QED) is 0.621. The van der Waals surface area contributed by atoms with Gasteiger partial charge in [0.25, 0.3) is 0 Å². The van der Waals surface area contributed by atoms with Crippen molar-refractivity contribution in [3.8, 4) is 0 Å². The van der Waals surface area contributed by atoms with Gasteiger partial charge in [0.05, 0.1) is 0 Å². The van der Waals surface area contributed by atoms with Crippen LogP contribution in [-0.4, -0.2) is 0 Å². The number of rotatable bonds is 0. The Kier molecular flexibility index (Phi) is 1.86. The highest BCUT2D eigenvalue weighted by Crippen LogP contribution is 2.95. The zero-order valence-electron chi connectivity index (χ0n) is 5.05. The zero-order valence-corrected chi connectivity index (χ0v) is 9.45. The van der Waals surface area contributed by atoms with Crippen LogP contribution >= 0.6 is 31.7 Å². The van der Waals surface area contributed by atoms with Crippen molar-refractivity contribution in [2.75, 3.05) is 0 Å². The summed E-state index contributed by atoms with van der Waals surface area (Å²) in [5.74, 6) is 0. The van der Waals surface area contributed by atoms with Gasteiger partial charge >= 0.3 is 31.7 Å². The smallest absolute Gasteiger partial charge is 0.236 e. The first-order valence-electron chi connectivity index (χ1n) is 2.56. The van der Waals surface area contributed by atoms with E-state index in [1.165, 1.54) is 0 Å². The van der Waals surface area contributed by atoms with Gasteiger partial charge in [-0.3, -0.25) is 0 Å². The third-order valence-electron chi connectivity index (χ3n) is 1.000. The lowest BCUT2D eigenvalue weighted by molar-refractivity contribution is 0.161. The highest BCUT2D eigenvalue weighted by Gasteiger charge is 2.62. The molecule has 0 spiro atoms. The summed E-state index contributed by atoms with van der Waals surface area (Å²) in [6.45, 7) is -2.88. The van der Waals surface area contributed by atoms with Crippen molar-refractivity contribution >= 4 is 43.6 Å². The second-order valence-corrected chi connectivity index (χ2v) is 9.78. The second kappa shape index (κ2) is 2.54. The lowest BCUT2D eigenvalue weighted by Gasteiger charge is -2.43. The summed E-state index contributed by atoms with van der Waals surface area (Å²) in [7, 11) is -6.85. The van der Waals surface area contributed by atoms with E-state index >= 15 is 0 Å². The highest BCUT2D eigenvalue weighted by atomic mass is 32.5. The Morgan fingerprint density at radius 2 is 1.67 bits per heavy atom. The predicted molar refractivity (Wildman–Crippen MR) is 42.2 cm³/mol. The molecule has 4 aliphatic heterocycles. The van der Waals surface area contributed by atoms with Gasteiger partial charge < -0.3 is 0 Å². The predicted octanol–water partition coefficient (Wildman–Crippen LogP) is 2.91. The number of hydrogen-bond donors (Lipinski definition) is 0. The minimum atomic E-state index is -3.51. The van der Waals surface area contributed by atoms with E-state index in [0.717, 1.165) is 0 Å². The summed E-state index contributed by atoms with van der Waals surface area (Å²) >= 11 is 4.83. The molecule has 4 fully saturated rings. The standard InChI is InChI=1S/O7P4S/c1-10-3-8-2-9(4-10)6-11(12,5-8)7-10. The van der Waals surface area contributed by atoms with Crippen molar-refractivity contribution in [2.24, 2.45) is 0 Å². The molecular weight excluding hydrogens is 268 g/mol. The van der Waals surface area contributed by atoms with Gasteiger partial charge in [-0.1, -0.05) is 0 Å². The van der Waals surface area contributed by atoms with Crippen molar-refractivity contribution < 1.29 is 30.4 Å². The Bertz CT molecular complexity index is 273. The van der Waals surface area contributed by atoms with Gasteiger partial charge in [-0.2, -0.15) is 0 Å². The molecule has 4 rings (SSSR count). The Morgan fingerprint density at radius 1 is 1.08 bits per heavy atom. The van der Waals surface area contributed by atoms with Crippen LogP contribution in [0.2, 0.25) is 0 Å². The van der Waals surface area contributed by atoms with E-state index in [4.69, 9.17) is 37.7 Å². The van der Waals surface area contributed by atoms with Crippen LogP contribution in [0.3, 0.4) is 0 Å². The Morgan fingerprint density at radius 3 is 2.08 bits per heavy atom. The summed E-state index contributed by atoms with van der Waals surface area (Å²) in [4.78, 5) is 0. The van der Waals surface area contributed by atoms with Crippen LogP contribution in [0.15, 0.2) is 0 Å². The fourth-order valence-corrected chi connectivity index (χ4v) is 11.1. The molecule has 0 aromatic rings. The summed E-state index contributed by atoms with van der Waals surface area (Å²) in [6.07, 6.45) is 0. The number of phosphoric acid groups is 1. The average Bonchev–Trinajstić information content (AvgIpc) is 1.75. The van der Waals surface area contributed by atoms with Gasteiger partial charge in [-0.15, -0.1) is 0 Å². The molecule has 68 valence electrons. The molecule has 0 aliphatic carbocycles. The molecule has 0 amide bonds. The number of hydrogen-bond acceptors (Lipinski definition) is 8. The van der Waals surface area contributed by atoms with Crippen molar-refractivity contribution in [1.82, 2.24) is 0 Å². The third-order valence-corrected chi connectivity index (χ3v) is 10.8. The Balaban J connectivity index is 2.09. The lowest BCUT2D eigenvalue weighted by Crippen LogP contribution is -2.15. The van der Waals surface area contributed by atoms with Gasteiger partial charge in [0.1, 0.15) is 0 Å². The maximum Gasteiger partial charge on any atom is 0.495 e. The Hall–Kier alpha value is 1.50. The van der Waals surface area contributed by atoms with E-state index in [1.807, 2.05) is 0 Å². The molecule has 12 heavy (non-hydrogen) atoms. The third kappa shape index (κ3) is 1.28. The van der Waals surface area contributed by atoms with Crippen molar-refractivity contribution in [3.05, 3.63) is 0 Å². The first kappa shape index (κ1) is 8.78. The van der Waals surface area contributed by atoms with Gasteiger partial charge in [0.2, 0.25) is 0 Å². The lowest BCUT2D eigenvalue weighted by atomic mass is 15.6. The van der Waals surface area contributed by atoms with Crippen LogP contribution in [0, 0.1) is 0 Å². The van der Waals surface area contributed by atoms with Crippen molar-refractivity contribution in [3.63, 3.8) is 0 Å². The van der Waals surface area contributed by atoms with Crippen LogP contribution in [0.1, 0.15) is 0 Å². The van der Waals surface area contributed by atoms with E-state index < -0.39 is 31.7 Å². The van der Waals surface area contributed by atoms with Crippen LogP contribution in [0.25, 0.3) is 0 Å². The topological polar surface area (TPSA) is 72.5 Å². The fourth-order valence-electron chi connectivity index (χ4n) is 0.682. The molecular formula is O7P4S. The van der Waals surface area contributed by atoms with Crippen molar-refractivity contribution in [2.45, 2.75) is 0 Å². The maximum atomic E-state index is 11.4. The van der Waals surface area contributed by atoms with Gasteiger partial charge in [0.15, 0.2) is 0 Å². The molecule has 0 radical (unpaired) electrons. The zero-order chi connectivity index (χ0) is 8.40. The molecule has 12 heteroatoms. The minimum Gasteiger partial charge on any atom is -0.236 e. The molecule has 2 atom stereocenters. The summed E-state index contributed by atoms with van der Waals surface area (Å²) in [6, 6.07) is 0. The molecule has 7 nitrogen and oxygen atoms in total. The summed E-state index contributed by atoms with van der Waals surface area (Å²) < 4.78 is 40.3. The fraction of sp³-hybridized carbons (Fsp3) is 0. The Labute approximate surface area is 74.5 Å². The van der Waals surface area contributed by atoms with Gasteiger partial charge in [0, 0.05) is 0 Å². The monoisotopic (exact) mass is 268 g/mol. The van der Waals surface area contributed by atoms with Gasteiger partial charge in [-0.05, 0) is 11.8 Å². The maximum absolute atomic E-state index is 11.4. The molecule has 4 heterocycles. The minimum absolute atomic E-state index is 1.67. The van der Waals surface area contributed by atoms with E-state index in [-0.39, 0.29) is 0 Å². The van der Waals surface area contributed by atoms with E-state index in [1.54, 1.807) is 0 Å². The molecule has 4 aliphatic rings. The van der Waals surface area contributed by atoms with Crippen LogP contribution in [-0.2, 0) is 42.2 Å². The molecule has 0 aromatic heterocycles. The first-order valence-corrected chi connectivity index (χ1v) is 8.76. The normalized spacial score (nSPS) is 62.3. The van der Waals surface area contributed by atoms with Gasteiger partial charge in [-0.25, -0.2) is 30.4 Å². The molecule has 4 saturated heterocycles. The van der Waals surface area contributed by atoms with Crippen LogP contribution in [0.5, 0.6) is 0 Å². The van der Waals surface area contributed by atoms with E-state index in [0.29, 0.717) is 0 Å². The average molecular weight is 268 g/mol. The summed E-state index contributed by atoms with van der Waals surface area (Å²) in [5.41, 5.74) is 0. The van der Waals surface area contributed by atoms with Crippen molar-refractivity contribution in [1.29, 1.82) is 0 Å². The van der Waals surface area contributed by atoms with Crippen LogP contribution < -0.4 is 0 Å². The first-order chi connectivity index (χ1) is 5.57.